The van der Waals surface area contributed by atoms with Gasteiger partial charge in [-0.3, -0.25) is 4.98 Å². The first-order valence-electron chi connectivity index (χ1n) is 11.0. The molecule has 3 aliphatic carbocycles. The van der Waals surface area contributed by atoms with Crippen molar-refractivity contribution >= 4 is 11.7 Å². The first kappa shape index (κ1) is 18.2. The van der Waals surface area contributed by atoms with Gasteiger partial charge < -0.3 is 10.1 Å². The number of hydrogen-bond donors (Lipinski definition) is 1. The molecule has 0 spiro atoms. The summed E-state index contributed by atoms with van der Waals surface area (Å²) in [6.07, 6.45) is 13.2. The summed E-state index contributed by atoms with van der Waals surface area (Å²) in [7, 11) is 0. The van der Waals surface area contributed by atoms with Crippen LogP contribution in [-0.4, -0.2) is 23.7 Å². The number of aryl methyl sites for hydroxylation is 1. The van der Waals surface area contributed by atoms with E-state index in [0.717, 1.165) is 25.3 Å². The highest BCUT2D eigenvalue weighted by Gasteiger charge is 2.59. The molecule has 1 saturated heterocycles. The zero-order valence-electron chi connectivity index (χ0n) is 17.3. The zero-order valence-corrected chi connectivity index (χ0v) is 17.3. The van der Waals surface area contributed by atoms with Crippen LogP contribution in [0, 0.1) is 35.5 Å². The van der Waals surface area contributed by atoms with Crippen molar-refractivity contribution in [3.63, 3.8) is 0 Å². The Morgan fingerprint density at radius 2 is 2.00 bits per heavy atom. The molecule has 0 aromatic carbocycles. The number of aromatic nitrogens is 1. The van der Waals surface area contributed by atoms with Gasteiger partial charge in [-0.05, 0) is 91.4 Å². The van der Waals surface area contributed by atoms with Crippen molar-refractivity contribution in [1.29, 1.82) is 0 Å². The second-order valence-electron chi connectivity index (χ2n) is 10.1. The highest BCUT2D eigenvalue weighted by molar-refractivity contribution is 5.73. The third kappa shape index (κ3) is 2.56. The molecule has 1 aromatic rings. The SMILES string of the molecule is Cc1cncc(C2=CC[C@H]3[C@@H]4CCC5OC(=O)NCC[C@]5(C)[C@H]4CC[C@]23C)c1. The number of ether oxygens (including phenoxy) is 1. The van der Waals surface area contributed by atoms with Crippen LogP contribution in [-0.2, 0) is 4.74 Å². The van der Waals surface area contributed by atoms with Crippen LogP contribution in [0.15, 0.2) is 24.5 Å². The Labute approximate surface area is 168 Å². The second kappa shape index (κ2) is 6.33. The minimum Gasteiger partial charge on any atom is -0.446 e. The largest absolute Gasteiger partial charge is 0.446 e. The number of nitrogens with zero attached hydrogens (tertiary/aromatic N) is 1. The predicted octanol–water partition coefficient (Wildman–Crippen LogP) is 5.12. The van der Waals surface area contributed by atoms with E-state index in [1.807, 2.05) is 12.4 Å². The van der Waals surface area contributed by atoms with Crippen molar-refractivity contribution in [3.05, 3.63) is 35.7 Å². The summed E-state index contributed by atoms with van der Waals surface area (Å²) in [5.74, 6) is 2.08. The maximum atomic E-state index is 12.0. The van der Waals surface area contributed by atoms with Crippen LogP contribution in [0.25, 0.3) is 5.57 Å². The molecule has 4 aliphatic rings. The van der Waals surface area contributed by atoms with Crippen molar-refractivity contribution in [2.24, 2.45) is 28.6 Å². The number of nitrogens with one attached hydrogen (secondary N) is 1. The van der Waals surface area contributed by atoms with Crippen LogP contribution < -0.4 is 5.32 Å². The molecule has 28 heavy (non-hydrogen) atoms. The van der Waals surface area contributed by atoms with Gasteiger partial charge in [-0.15, -0.1) is 0 Å². The molecule has 5 rings (SSSR count). The highest BCUT2D eigenvalue weighted by atomic mass is 16.6. The Morgan fingerprint density at radius 1 is 1.14 bits per heavy atom. The van der Waals surface area contributed by atoms with E-state index in [-0.39, 0.29) is 23.0 Å². The van der Waals surface area contributed by atoms with Gasteiger partial charge in [0.25, 0.3) is 0 Å². The molecule has 150 valence electrons. The Balaban J connectivity index is 1.45. The minimum absolute atomic E-state index is 0.0791. The molecule has 4 nitrogen and oxygen atoms in total. The van der Waals surface area contributed by atoms with Crippen molar-refractivity contribution in [2.75, 3.05) is 6.54 Å². The number of rotatable bonds is 1. The monoisotopic (exact) mass is 380 g/mol. The van der Waals surface area contributed by atoms with E-state index in [4.69, 9.17) is 4.74 Å². The lowest BCUT2D eigenvalue weighted by Crippen LogP contribution is -2.53. The summed E-state index contributed by atoms with van der Waals surface area (Å²) in [6, 6.07) is 2.30. The van der Waals surface area contributed by atoms with Gasteiger partial charge in [-0.25, -0.2) is 4.79 Å². The van der Waals surface area contributed by atoms with Gasteiger partial charge in [0, 0.05) is 24.4 Å². The molecule has 0 bridgehead atoms. The Morgan fingerprint density at radius 3 is 2.82 bits per heavy atom. The molecule has 6 atom stereocenters. The summed E-state index contributed by atoms with van der Waals surface area (Å²) in [5, 5.41) is 2.93. The van der Waals surface area contributed by atoms with E-state index in [9.17, 15) is 4.79 Å². The van der Waals surface area contributed by atoms with E-state index in [1.165, 1.54) is 42.4 Å². The lowest BCUT2D eigenvalue weighted by molar-refractivity contribution is -0.113. The molecule has 2 heterocycles. The van der Waals surface area contributed by atoms with Crippen LogP contribution >= 0.6 is 0 Å². The van der Waals surface area contributed by atoms with Crippen LogP contribution in [0.2, 0.25) is 0 Å². The molecular weight excluding hydrogens is 348 g/mol. The Kier molecular flexibility index (Phi) is 4.12. The average Bonchev–Trinajstić information content (AvgIpc) is 2.93. The van der Waals surface area contributed by atoms with Crippen LogP contribution in [0.1, 0.15) is 63.5 Å². The van der Waals surface area contributed by atoms with E-state index < -0.39 is 0 Å². The molecule has 1 N–H and O–H groups in total. The quantitative estimate of drug-likeness (QED) is 0.735. The fourth-order valence-corrected chi connectivity index (χ4v) is 7.28. The van der Waals surface area contributed by atoms with Gasteiger partial charge in [-0.2, -0.15) is 0 Å². The second-order valence-corrected chi connectivity index (χ2v) is 10.1. The van der Waals surface area contributed by atoms with E-state index in [2.05, 4.69) is 43.2 Å². The number of alkyl carbamates (subject to hydrolysis) is 1. The fraction of sp³-hybridized carbons (Fsp3) is 0.667. The van der Waals surface area contributed by atoms with Crippen LogP contribution in [0.5, 0.6) is 0 Å². The first-order valence-corrected chi connectivity index (χ1v) is 11.0. The van der Waals surface area contributed by atoms with Crippen molar-refractivity contribution in [1.82, 2.24) is 10.3 Å². The number of fused-ring (bicyclic) bond motifs is 5. The number of carbonyl (C=O) groups excluding carboxylic acids is 1. The highest BCUT2D eigenvalue weighted by Crippen LogP contribution is 2.65. The maximum absolute atomic E-state index is 12.0. The van der Waals surface area contributed by atoms with Crippen LogP contribution in [0.4, 0.5) is 4.79 Å². The Hall–Kier alpha value is -1.84. The molecule has 4 heteroatoms. The van der Waals surface area contributed by atoms with Gasteiger partial charge in [0.2, 0.25) is 0 Å². The molecule has 3 fully saturated rings. The maximum Gasteiger partial charge on any atom is 0.407 e. The smallest absolute Gasteiger partial charge is 0.407 e. The topological polar surface area (TPSA) is 51.2 Å². The third-order valence-corrected chi connectivity index (χ3v) is 8.73. The summed E-state index contributed by atoms with van der Waals surface area (Å²) < 4.78 is 5.84. The molecule has 1 amide bonds. The first-order chi connectivity index (χ1) is 13.4. The molecule has 1 aliphatic heterocycles. The molecule has 2 saturated carbocycles. The van der Waals surface area contributed by atoms with E-state index >= 15 is 0 Å². The van der Waals surface area contributed by atoms with Gasteiger partial charge in [0.15, 0.2) is 0 Å². The van der Waals surface area contributed by atoms with Gasteiger partial charge in [0.05, 0.1) is 0 Å². The predicted molar refractivity (Wildman–Crippen MR) is 110 cm³/mol. The van der Waals surface area contributed by atoms with Gasteiger partial charge >= 0.3 is 6.09 Å². The number of amides is 1. The normalized spacial score (nSPS) is 42.2. The standard InChI is InChI=1S/C24H32N2O2/c1-15-12-16(14-25-13-15)18-5-6-19-17-4-7-21-24(3,10-11-26-22(27)28-21)20(17)8-9-23(18,19)2/h5,12-14,17,19-21H,4,6-11H2,1-3H3,(H,26,27)/t17-,19-,20-,21?,23+,24+/m0/s1. The summed E-state index contributed by atoms with van der Waals surface area (Å²) in [4.78, 5) is 16.4. The lowest BCUT2D eigenvalue weighted by Gasteiger charge is -2.57. The number of carbonyl (C=O) groups is 1. The number of allylic oxidation sites excluding steroid dienone is 2. The zero-order chi connectivity index (χ0) is 19.5. The molecule has 1 unspecified atom stereocenters. The number of pyridine rings is 1. The summed E-state index contributed by atoms with van der Waals surface area (Å²) in [5.41, 5.74) is 4.43. The van der Waals surface area contributed by atoms with E-state index in [1.54, 1.807) is 0 Å². The molecule has 0 radical (unpaired) electrons. The van der Waals surface area contributed by atoms with Gasteiger partial charge in [0.1, 0.15) is 6.10 Å². The molecule has 1 aromatic heterocycles. The molecular formula is C24H32N2O2. The fourth-order valence-electron chi connectivity index (χ4n) is 7.28. The number of hydrogen-bond acceptors (Lipinski definition) is 3. The van der Waals surface area contributed by atoms with Crippen molar-refractivity contribution < 1.29 is 9.53 Å². The lowest BCUT2D eigenvalue weighted by atomic mass is 9.48. The third-order valence-electron chi connectivity index (χ3n) is 8.73. The van der Waals surface area contributed by atoms with Crippen LogP contribution in [0.3, 0.4) is 0 Å². The van der Waals surface area contributed by atoms with Crippen molar-refractivity contribution in [2.45, 2.75) is 65.4 Å². The van der Waals surface area contributed by atoms with E-state index in [0.29, 0.717) is 11.8 Å². The van der Waals surface area contributed by atoms with Crippen molar-refractivity contribution in [3.8, 4) is 0 Å². The summed E-state index contributed by atoms with van der Waals surface area (Å²) >= 11 is 0. The minimum atomic E-state index is -0.218. The average molecular weight is 381 g/mol. The summed E-state index contributed by atoms with van der Waals surface area (Å²) in [6.45, 7) is 7.77. The Bertz CT molecular complexity index is 834. The van der Waals surface area contributed by atoms with Gasteiger partial charge in [-0.1, -0.05) is 19.9 Å².